The Bertz CT molecular complexity index is 282. The highest BCUT2D eigenvalue weighted by molar-refractivity contribution is 5.41. The van der Waals surface area contributed by atoms with Crippen molar-refractivity contribution in [3.8, 4) is 0 Å². The molecular formula is C10H14N2O. The maximum atomic E-state index is 5.78. The van der Waals surface area contributed by atoms with Crippen molar-refractivity contribution in [2.75, 3.05) is 18.9 Å². The summed E-state index contributed by atoms with van der Waals surface area (Å²) in [6.07, 6.45) is 4.01. The summed E-state index contributed by atoms with van der Waals surface area (Å²) in [4.78, 5) is 4.08. The lowest BCUT2D eigenvalue weighted by Crippen LogP contribution is -2.17. The van der Waals surface area contributed by atoms with Gasteiger partial charge < -0.3 is 10.5 Å². The van der Waals surface area contributed by atoms with E-state index >= 15 is 0 Å². The number of nitrogen functional groups attached to an aromatic ring is 1. The molecule has 0 aromatic carbocycles. The van der Waals surface area contributed by atoms with Gasteiger partial charge in [-0.1, -0.05) is 6.07 Å². The average Bonchev–Trinajstić information content (AvgIpc) is 2.20. The molecule has 1 saturated heterocycles. The van der Waals surface area contributed by atoms with Crippen molar-refractivity contribution < 1.29 is 4.74 Å². The molecule has 0 spiro atoms. The van der Waals surface area contributed by atoms with Crippen LogP contribution in [0.15, 0.2) is 18.3 Å². The lowest BCUT2D eigenvalue weighted by atomic mass is 9.94. The molecule has 0 amide bonds. The van der Waals surface area contributed by atoms with Crippen LogP contribution in [0, 0.1) is 0 Å². The van der Waals surface area contributed by atoms with Crippen molar-refractivity contribution in [1.82, 2.24) is 4.98 Å². The summed E-state index contributed by atoms with van der Waals surface area (Å²) in [7, 11) is 0. The molecule has 0 radical (unpaired) electrons. The van der Waals surface area contributed by atoms with E-state index in [1.54, 1.807) is 6.20 Å². The number of rotatable bonds is 1. The maximum absolute atomic E-state index is 5.78. The Morgan fingerprint density at radius 3 is 3.15 bits per heavy atom. The van der Waals surface area contributed by atoms with E-state index in [9.17, 15) is 0 Å². The van der Waals surface area contributed by atoms with Crippen LogP contribution < -0.4 is 5.73 Å². The molecule has 13 heavy (non-hydrogen) atoms. The van der Waals surface area contributed by atoms with Crippen LogP contribution >= 0.6 is 0 Å². The maximum Gasteiger partial charge on any atom is 0.126 e. The number of hydrogen-bond donors (Lipinski definition) is 1. The fourth-order valence-electron chi connectivity index (χ4n) is 1.76. The smallest absolute Gasteiger partial charge is 0.126 e. The second kappa shape index (κ2) is 3.75. The summed E-state index contributed by atoms with van der Waals surface area (Å²) in [6.45, 7) is 1.67. The van der Waals surface area contributed by atoms with E-state index < -0.39 is 0 Å². The Morgan fingerprint density at radius 2 is 2.46 bits per heavy atom. The minimum atomic E-state index is 0.447. The van der Waals surface area contributed by atoms with Gasteiger partial charge >= 0.3 is 0 Å². The van der Waals surface area contributed by atoms with Crippen molar-refractivity contribution >= 4 is 5.82 Å². The van der Waals surface area contributed by atoms with Crippen molar-refractivity contribution in [2.24, 2.45) is 0 Å². The van der Waals surface area contributed by atoms with E-state index in [0.29, 0.717) is 11.7 Å². The fraction of sp³-hybridized carbons (Fsp3) is 0.500. The fourth-order valence-corrected chi connectivity index (χ4v) is 1.76. The van der Waals surface area contributed by atoms with E-state index in [1.807, 2.05) is 12.1 Å². The van der Waals surface area contributed by atoms with Crippen LogP contribution in [0.4, 0.5) is 5.82 Å². The number of nitrogens with zero attached hydrogens (tertiary/aromatic N) is 1. The highest BCUT2D eigenvalue weighted by Crippen LogP contribution is 2.27. The van der Waals surface area contributed by atoms with Crippen LogP contribution in [0.25, 0.3) is 0 Å². The van der Waals surface area contributed by atoms with Crippen LogP contribution in [0.2, 0.25) is 0 Å². The average molecular weight is 178 g/mol. The molecule has 70 valence electrons. The lowest BCUT2D eigenvalue weighted by Gasteiger charge is -2.22. The van der Waals surface area contributed by atoms with Gasteiger partial charge in [-0.05, 0) is 24.5 Å². The predicted molar refractivity (Wildman–Crippen MR) is 51.4 cm³/mol. The van der Waals surface area contributed by atoms with Crippen LogP contribution in [-0.2, 0) is 4.74 Å². The normalized spacial score (nSPS) is 22.9. The zero-order valence-electron chi connectivity index (χ0n) is 7.57. The Morgan fingerprint density at radius 1 is 1.54 bits per heavy atom. The van der Waals surface area contributed by atoms with Gasteiger partial charge in [0.2, 0.25) is 0 Å². The highest BCUT2D eigenvalue weighted by Gasteiger charge is 2.17. The summed E-state index contributed by atoms with van der Waals surface area (Å²) in [5, 5.41) is 0. The lowest BCUT2D eigenvalue weighted by molar-refractivity contribution is 0.0805. The number of aromatic nitrogens is 1. The van der Waals surface area contributed by atoms with Gasteiger partial charge in [-0.2, -0.15) is 0 Å². The first-order chi connectivity index (χ1) is 6.38. The summed E-state index contributed by atoms with van der Waals surface area (Å²) in [5.74, 6) is 1.10. The molecule has 3 heteroatoms. The molecule has 2 heterocycles. The van der Waals surface area contributed by atoms with Crippen molar-refractivity contribution in [1.29, 1.82) is 0 Å². The molecule has 1 atom stereocenters. The first-order valence-corrected chi connectivity index (χ1v) is 4.66. The summed E-state index contributed by atoms with van der Waals surface area (Å²) in [6, 6.07) is 3.97. The van der Waals surface area contributed by atoms with Crippen molar-refractivity contribution in [3.63, 3.8) is 0 Å². The molecule has 1 fully saturated rings. The second-order valence-corrected chi connectivity index (χ2v) is 3.39. The number of anilines is 1. The quantitative estimate of drug-likeness (QED) is 0.710. The number of ether oxygens (including phenoxy) is 1. The molecule has 1 aromatic heterocycles. The first-order valence-electron chi connectivity index (χ1n) is 4.66. The van der Waals surface area contributed by atoms with Crippen LogP contribution in [0.3, 0.4) is 0 Å². The summed E-state index contributed by atoms with van der Waals surface area (Å²) in [5.41, 5.74) is 6.93. The highest BCUT2D eigenvalue weighted by atomic mass is 16.5. The van der Waals surface area contributed by atoms with Gasteiger partial charge in [-0.3, -0.25) is 0 Å². The zero-order valence-corrected chi connectivity index (χ0v) is 7.57. The van der Waals surface area contributed by atoms with Gasteiger partial charge in [0.15, 0.2) is 0 Å². The second-order valence-electron chi connectivity index (χ2n) is 3.39. The monoisotopic (exact) mass is 178 g/mol. The molecule has 0 saturated carbocycles. The van der Waals surface area contributed by atoms with Crippen LogP contribution in [0.5, 0.6) is 0 Å². The third kappa shape index (κ3) is 1.80. The SMILES string of the molecule is Nc1ncccc1C1CCCOC1. The molecular weight excluding hydrogens is 164 g/mol. The Balaban J connectivity index is 2.18. The zero-order chi connectivity index (χ0) is 9.10. The minimum absolute atomic E-state index is 0.447. The largest absolute Gasteiger partial charge is 0.383 e. The Hall–Kier alpha value is -1.09. The van der Waals surface area contributed by atoms with E-state index in [4.69, 9.17) is 10.5 Å². The topological polar surface area (TPSA) is 48.1 Å². The minimum Gasteiger partial charge on any atom is -0.383 e. The van der Waals surface area contributed by atoms with E-state index in [0.717, 1.165) is 31.6 Å². The molecule has 1 unspecified atom stereocenters. The van der Waals surface area contributed by atoms with Gasteiger partial charge in [0, 0.05) is 18.7 Å². The van der Waals surface area contributed by atoms with Gasteiger partial charge in [-0.25, -0.2) is 4.98 Å². The van der Waals surface area contributed by atoms with Crippen molar-refractivity contribution in [2.45, 2.75) is 18.8 Å². The number of hydrogen-bond acceptors (Lipinski definition) is 3. The summed E-state index contributed by atoms with van der Waals surface area (Å²) < 4.78 is 5.41. The number of nitrogens with two attached hydrogens (primary N) is 1. The van der Waals surface area contributed by atoms with Crippen LogP contribution in [-0.4, -0.2) is 18.2 Å². The van der Waals surface area contributed by atoms with E-state index in [2.05, 4.69) is 4.98 Å². The molecule has 1 aromatic rings. The molecule has 0 aliphatic carbocycles. The molecule has 2 N–H and O–H groups in total. The standard InChI is InChI=1S/C10H14N2O/c11-10-9(4-1-5-12-10)8-3-2-6-13-7-8/h1,4-5,8H,2-3,6-7H2,(H2,11,12). The molecule has 0 bridgehead atoms. The van der Waals surface area contributed by atoms with Crippen molar-refractivity contribution in [3.05, 3.63) is 23.9 Å². The molecule has 1 aliphatic rings. The van der Waals surface area contributed by atoms with Gasteiger partial charge in [0.25, 0.3) is 0 Å². The van der Waals surface area contributed by atoms with Gasteiger partial charge in [0.1, 0.15) is 5.82 Å². The van der Waals surface area contributed by atoms with Gasteiger partial charge in [-0.15, -0.1) is 0 Å². The third-order valence-corrected chi connectivity index (χ3v) is 2.47. The summed E-state index contributed by atoms with van der Waals surface area (Å²) >= 11 is 0. The molecule has 1 aliphatic heterocycles. The number of pyridine rings is 1. The Kier molecular flexibility index (Phi) is 2.45. The molecule has 2 rings (SSSR count). The van der Waals surface area contributed by atoms with Gasteiger partial charge in [0.05, 0.1) is 6.61 Å². The first kappa shape index (κ1) is 8.51. The van der Waals surface area contributed by atoms with E-state index in [1.165, 1.54) is 0 Å². The Labute approximate surface area is 77.9 Å². The molecule has 3 nitrogen and oxygen atoms in total. The van der Waals surface area contributed by atoms with E-state index in [-0.39, 0.29) is 0 Å². The van der Waals surface area contributed by atoms with Crippen LogP contribution in [0.1, 0.15) is 24.3 Å². The predicted octanol–water partition coefficient (Wildman–Crippen LogP) is 1.56. The third-order valence-electron chi connectivity index (χ3n) is 2.47.